The van der Waals surface area contributed by atoms with Crippen molar-refractivity contribution in [3.63, 3.8) is 0 Å². The van der Waals surface area contributed by atoms with Crippen molar-refractivity contribution < 1.29 is 26.4 Å². The van der Waals surface area contributed by atoms with E-state index in [1.807, 2.05) is 30.3 Å². The molecule has 0 aromatic heterocycles. The Hall–Kier alpha value is -1.55. The molecule has 0 saturated heterocycles. The molecule has 1 atom stereocenters. The van der Waals surface area contributed by atoms with Gasteiger partial charge in [0.2, 0.25) is 0 Å². The minimum Gasteiger partial charge on any atom is -1.00 e. The Morgan fingerprint density at radius 3 is 1.91 bits per heavy atom. The van der Waals surface area contributed by atoms with Crippen molar-refractivity contribution in [2.45, 2.75) is 67.2 Å². The molecule has 180 valence electrons. The summed E-state index contributed by atoms with van der Waals surface area (Å²) >= 11 is 0. The molecule has 0 aliphatic carbocycles. The quantitative estimate of drug-likeness (QED) is 0.375. The summed E-state index contributed by atoms with van der Waals surface area (Å²) in [6, 6.07) is 14.6. The van der Waals surface area contributed by atoms with Gasteiger partial charge < -0.3 is 17.1 Å². The second-order valence-electron chi connectivity index (χ2n) is 10.0. The molecular weight excluding hydrogens is 418 g/mol. The van der Waals surface area contributed by atoms with E-state index in [1.54, 1.807) is 0 Å². The first-order chi connectivity index (χ1) is 14.6. The van der Waals surface area contributed by atoms with Gasteiger partial charge >= 0.3 is 5.91 Å². The molecule has 0 aliphatic heterocycles. The van der Waals surface area contributed by atoms with Gasteiger partial charge in [-0.05, 0) is 80.3 Å². The highest BCUT2D eigenvalue weighted by atomic mass is 35.5. The summed E-state index contributed by atoms with van der Waals surface area (Å²) in [5.74, 6) is 1.04. The summed E-state index contributed by atoms with van der Waals surface area (Å²) in [7, 11) is 4.42. The fourth-order valence-corrected chi connectivity index (χ4v) is 4.28. The average molecular weight is 462 g/mol. The van der Waals surface area contributed by atoms with Gasteiger partial charge in [0.25, 0.3) is 0 Å². The third-order valence-corrected chi connectivity index (χ3v) is 6.16. The number of benzene rings is 2. The average Bonchev–Trinajstić information content (AvgIpc) is 2.70. The second kappa shape index (κ2) is 12.1. The molecule has 0 amide bonds. The summed E-state index contributed by atoms with van der Waals surface area (Å²) in [4.78, 5) is 0. The van der Waals surface area contributed by atoms with Crippen molar-refractivity contribution in [3.8, 4) is 5.75 Å². The molecule has 2 rings (SSSR count). The van der Waals surface area contributed by atoms with Crippen molar-refractivity contribution in [2.75, 3.05) is 27.2 Å². The van der Waals surface area contributed by atoms with Gasteiger partial charge in [0.05, 0.1) is 32.8 Å². The van der Waals surface area contributed by atoms with Gasteiger partial charge in [-0.1, -0.05) is 52.0 Å². The van der Waals surface area contributed by atoms with Crippen molar-refractivity contribution in [1.29, 1.82) is 0 Å². The van der Waals surface area contributed by atoms with E-state index in [0.717, 1.165) is 25.1 Å². The third-order valence-electron chi connectivity index (χ3n) is 6.16. The highest BCUT2D eigenvalue weighted by molar-refractivity contribution is 5.43. The maximum atomic E-state index is 6.86. The minimum absolute atomic E-state index is 0. The van der Waals surface area contributed by atoms with Gasteiger partial charge in [-0.15, -0.1) is 0 Å². The van der Waals surface area contributed by atoms with Gasteiger partial charge in [0.15, 0.2) is 0 Å². The molecule has 0 fully saturated rings. The number of quaternary nitrogens is 1. The summed E-state index contributed by atoms with van der Waals surface area (Å²) in [6.45, 7) is 17.1. The van der Waals surface area contributed by atoms with Crippen LogP contribution in [0.1, 0.15) is 63.8 Å². The zero-order valence-corrected chi connectivity index (χ0v) is 22.4. The van der Waals surface area contributed by atoms with Crippen molar-refractivity contribution >= 4 is 0 Å². The maximum absolute atomic E-state index is 6.86. The van der Waals surface area contributed by atoms with Crippen LogP contribution in [0.2, 0.25) is 0 Å². The van der Waals surface area contributed by atoms with E-state index in [-0.39, 0.29) is 12.4 Å². The summed E-state index contributed by atoms with van der Waals surface area (Å²) in [5.41, 5.74) is 5.38. The van der Waals surface area contributed by atoms with Crippen molar-refractivity contribution in [1.82, 2.24) is 0 Å². The lowest BCUT2D eigenvalue weighted by molar-refractivity contribution is -1.000. The van der Waals surface area contributed by atoms with Gasteiger partial charge in [-0.25, -0.2) is 0 Å². The SMILES string of the molecule is CCOC(Oc1ccccc1)(c1ccc(C)c(CC(C)C)c1CC(C)C)[N+](C)(C)CC.[Cl-]. The summed E-state index contributed by atoms with van der Waals surface area (Å²) in [5, 5.41) is 0. The van der Waals surface area contributed by atoms with Crippen LogP contribution in [0.5, 0.6) is 5.75 Å². The van der Waals surface area contributed by atoms with E-state index in [9.17, 15) is 0 Å². The molecule has 3 nitrogen and oxygen atoms in total. The van der Waals surface area contributed by atoms with Crippen LogP contribution >= 0.6 is 0 Å². The molecule has 32 heavy (non-hydrogen) atoms. The van der Waals surface area contributed by atoms with Crippen LogP contribution in [0.4, 0.5) is 0 Å². The smallest absolute Gasteiger partial charge is 0.390 e. The molecule has 0 saturated carbocycles. The number of nitrogens with zero attached hydrogens (tertiary/aromatic N) is 1. The van der Waals surface area contributed by atoms with E-state index >= 15 is 0 Å². The molecule has 2 aromatic rings. The van der Waals surface area contributed by atoms with Crippen molar-refractivity contribution in [3.05, 3.63) is 64.7 Å². The topological polar surface area (TPSA) is 18.5 Å². The van der Waals surface area contributed by atoms with Gasteiger partial charge in [-0.2, -0.15) is 0 Å². The fourth-order valence-electron chi connectivity index (χ4n) is 4.28. The van der Waals surface area contributed by atoms with Crippen LogP contribution in [-0.2, 0) is 23.5 Å². The highest BCUT2D eigenvalue weighted by Gasteiger charge is 2.52. The van der Waals surface area contributed by atoms with Crippen LogP contribution in [0.3, 0.4) is 0 Å². The number of aryl methyl sites for hydroxylation is 1. The largest absolute Gasteiger partial charge is 1.00 e. The van der Waals surface area contributed by atoms with Gasteiger partial charge in [-0.3, -0.25) is 9.22 Å². The predicted octanol–water partition coefficient (Wildman–Crippen LogP) is 3.72. The molecule has 4 heteroatoms. The van der Waals surface area contributed by atoms with E-state index in [1.165, 1.54) is 22.3 Å². The molecule has 0 spiro atoms. The lowest BCUT2D eigenvalue weighted by atomic mass is 9.85. The standard InChI is InChI=1S/C28H44NO2.ClH/c1-10-29(8,9)28(30-11-2,31-24-15-13-12-14-16-24)27-18-17-23(7)25(19-21(3)4)26(27)20-22(5)6;/h12-18,21-22H,10-11,19-20H2,1-9H3;1H/q+1;/p-1. The monoisotopic (exact) mass is 461 g/mol. The zero-order valence-electron chi connectivity index (χ0n) is 21.7. The summed E-state index contributed by atoms with van der Waals surface area (Å²) in [6.07, 6.45) is 2.07. The Morgan fingerprint density at radius 1 is 0.844 bits per heavy atom. The highest BCUT2D eigenvalue weighted by Crippen LogP contribution is 2.41. The van der Waals surface area contributed by atoms with E-state index in [4.69, 9.17) is 9.47 Å². The number of para-hydroxylation sites is 1. The first-order valence-electron chi connectivity index (χ1n) is 11.9. The van der Waals surface area contributed by atoms with Crippen molar-refractivity contribution in [2.24, 2.45) is 11.8 Å². The van der Waals surface area contributed by atoms with Crippen LogP contribution in [-0.4, -0.2) is 31.7 Å². The van der Waals surface area contributed by atoms with Crippen LogP contribution in [0.25, 0.3) is 0 Å². The van der Waals surface area contributed by atoms with E-state index in [0.29, 0.717) is 22.9 Å². The minimum atomic E-state index is -0.922. The number of hydrogen-bond acceptors (Lipinski definition) is 2. The number of hydrogen-bond donors (Lipinski definition) is 0. The Balaban J connectivity index is 0.00000512. The Bertz CT molecular complexity index is 833. The Kier molecular flexibility index (Phi) is 10.7. The molecule has 0 N–H and O–H groups in total. The lowest BCUT2D eigenvalue weighted by Gasteiger charge is -2.47. The Morgan fingerprint density at radius 2 is 1.41 bits per heavy atom. The van der Waals surface area contributed by atoms with Crippen LogP contribution in [0.15, 0.2) is 42.5 Å². The summed E-state index contributed by atoms with van der Waals surface area (Å²) < 4.78 is 14.1. The Labute approximate surface area is 203 Å². The molecule has 0 radical (unpaired) electrons. The number of halogens is 1. The fraction of sp³-hybridized carbons (Fsp3) is 0.571. The predicted molar refractivity (Wildman–Crippen MR) is 131 cm³/mol. The molecule has 0 heterocycles. The van der Waals surface area contributed by atoms with E-state index < -0.39 is 5.91 Å². The zero-order chi connectivity index (χ0) is 23.2. The number of ether oxygens (including phenoxy) is 2. The van der Waals surface area contributed by atoms with Gasteiger partial charge in [0.1, 0.15) is 5.75 Å². The maximum Gasteiger partial charge on any atom is 0.390 e. The number of rotatable bonds is 11. The van der Waals surface area contributed by atoms with Gasteiger partial charge in [0, 0.05) is 0 Å². The molecule has 1 unspecified atom stereocenters. The first-order valence-corrected chi connectivity index (χ1v) is 11.9. The normalized spacial score (nSPS) is 13.7. The molecular formula is C28H44ClNO2. The molecule has 0 bridgehead atoms. The lowest BCUT2D eigenvalue weighted by Crippen LogP contribution is -3.00. The molecule has 2 aromatic carbocycles. The second-order valence-corrected chi connectivity index (χ2v) is 10.0. The third kappa shape index (κ3) is 6.27. The van der Waals surface area contributed by atoms with E-state index in [2.05, 4.69) is 74.7 Å². The molecule has 0 aliphatic rings. The van der Waals surface area contributed by atoms with Crippen LogP contribution in [0, 0.1) is 18.8 Å². The first kappa shape index (κ1) is 28.5. The van der Waals surface area contributed by atoms with Crippen LogP contribution < -0.4 is 17.1 Å².